The molecule has 0 aliphatic rings. The van der Waals surface area contributed by atoms with E-state index in [4.69, 9.17) is 5.73 Å². The molecule has 15 heavy (non-hydrogen) atoms. The first-order valence-corrected chi connectivity index (χ1v) is 5.76. The minimum absolute atomic E-state index is 0.153. The molecule has 0 spiro atoms. The van der Waals surface area contributed by atoms with Gasteiger partial charge in [0.25, 0.3) is 0 Å². The fraction of sp³-hybridized carbons (Fsp3) is 0.538. The van der Waals surface area contributed by atoms with Crippen LogP contribution in [0.1, 0.15) is 38.3 Å². The molecule has 0 aromatic heterocycles. The number of hydrogen-bond acceptors (Lipinski definition) is 2. The molecule has 0 saturated heterocycles. The molecule has 1 atom stereocenters. The van der Waals surface area contributed by atoms with E-state index in [9.17, 15) is 0 Å². The van der Waals surface area contributed by atoms with Crippen molar-refractivity contribution in [3.8, 4) is 0 Å². The highest BCUT2D eigenvalue weighted by atomic mass is 15.1. The van der Waals surface area contributed by atoms with Crippen molar-refractivity contribution in [3.05, 3.63) is 29.8 Å². The Balaban J connectivity index is 2.95. The summed E-state index contributed by atoms with van der Waals surface area (Å²) in [6.45, 7) is 5.40. The summed E-state index contributed by atoms with van der Waals surface area (Å²) >= 11 is 0. The van der Waals surface area contributed by atoms with Crippen molar-refractivity contribution in [2.45, 2.75) is 32.7 Å². The minimum Gasteiger partial charge on any atom is -0.374 e. The van der Waals surface area contributed by atoms with Gasteiger partial charge in [-0.2, -0.15) is 0 Å². The monoisotopic (exact) mass is 206 g/mol. The van der Waals surface area contributed by atoms with Gasteiger partial charge in [0.2, 0.25) is 0 Å². The summed E-state index contributed by atoms with van der Waals surface area (Å²) < 4.78 is 0. The molecule has 2 nitrogen and oxygen atoms in total. The first-order valence-electron chi connectivity index (χ1n) is 5.76. The molecular weight excluding hydrogens is 184 g/mol. The zero-order valence-corrected chi connectivity index (χ0v) is 10.0. The van der Waals surface area contributed by atoms with E-state index in [1.807, 2.05) is 0 Å². The fourth-order valence-corrected chi connectivity index (χ4v) is 1.82. The normalized spacial score (nSPS) is 12.5. The van der Waals surface area contributed by atoms with Crippen molar-refractivity contribution in [1.82, 2.24) is 0 Å². The average Bonchev–Trinajstić information content (AvgIpc) is 2.28. The zero-order chi connectivity index (χ0) is 11.3. The molecule has 0 unspecified atom stereocenters. The number of hydrogen-bond donors (Lipinski definition) is 1. The van der Waals surface area contributed by atoms with Crippen molar-refractivity contribution in [2.24, 2.45) is 5.73 Å². The largest absolute Gasteiger partial charge is 0.374 e. The van der Waals surface area contributed by atoms with Crippen molar-refractivity contribution in [3.63, 3.8) is 0 Å². The summed E-state index contributed by atoms with van der Waals surface area (Å²) in [5.74, 6) is 0. The van der Waals surface area contributed by atoms with Gasteiger partial charge in [-0.3, -0.25) is 0 Å². The minimum atomic E-state index is 0.153. The maximum atomic E-state index is 6.10. The lowest BCUT2D eigenvalue weighted by atomic mass is 10.0. The SMILES string of the molecule is CCCN(C)c1ccccc1[C@@H](N)CC. The molecule has 2 N–H and O–H groups in total. The summed E-state index contributed by atoms with van der Waals surface area (Å²) in [6.07, 6.45) is 2.14. The van der Waals surface area contributed by atoms with Gasteiger partial charge < -0.3 is 10.6 Å². The van der Waals surface area contributed by atoms with Crippen LogP contribution in [0.5, 0.6) is 0 Å². The van der Waals surface area contributed by atoms with Crippen LogP contribution in [0.4, 0.5) is 5.69 Å². The summed E-state index contributed by atoms with van der Waals surface area (Å²) in [4.78, 5) is 2.28. The van der Waals surface area contributed by atoms with Crippen LogP contribution in [0.25, 0.3) is 0 Å². The first kappa shape index (κ1) is 12.1. The Labute approximate surface area is 93.1 Å². The molecule has 1 aromatic rings. The Morgan fingerprint density at radius 2 is 1.93 bits per heavy atom. The predicted octanol–water partition coefficient (Wildman–Crippen LogP) is 2.94. The number of benzene rings is 1. The molecule has 2 heteroatoms. The second-order valence-electron chi connectivity index (χ2n) is 4.00. The lowest BCUT2D eigenvalue weighted by molar-refractivity contribution is 0.693. The number of rotatable bonds is 5. The third-order valence-corrected chi connectivity index (χ3v) is 2.75. The van der Waals surface area contributed by atoms with Gasteiger partial charge in [0, 0.05) is 25.3 Å². The topological polar surface area (TPSA) is 29.3 Å². The highest BCUT2D eigenvalue weighted by Gasteiger charge is 2.10. The van der Waals surface area contributed by atoms with Crippen LogP contribution in [0.3, 0.4) is 0 Å². The Hall–Kier alpha value is -1.02. The number of nitrogens with two attached hydrogens (primary N) is 1. The Bertz CT molecular complexity index is 296. The van der Waals surface area contributed by atoms with Gasteiger partial charge in [0.05, 0.1) is 0 Å². The Morgan fingerprint density at radius 3 is 2.53 bits per heavy atom. The van der Waals surface area contributed by atoms with Gasteiger partial charge in [-0.05, 0) is 24.5 Å². The molecule has 0 bridgehead atoms. The van der Waals surface area contributed by atoms with E-state index < -0.39 is 0 Å². The van der Waals surface area contributed by atoms with Crippen LogP contribution in [-0.4, -0.2) is 13.6 Å². The molecule has 1 rings (SSSR count). The van der Waals surface area contributed by atoms with E-state index in [1.54, 1.807) is 0 Å². The Morgan fingerprint density at radius 1 is 1.27 bits per heavy atom. The summed E-state index contributed by atoms with van der Waals surface area (Å²) in [5.41, 5.74) is 8.63. The lowest BCUT2D eigenvalue weighted by Gasteiger charge is -2.24. The predicted molar refractivity (Wildman–Crippen MR) is 67.2 cm³/mol. The van der Waals surface area contributed by atoms with Crippen molar-refractivity contribution in [1.29, 1.82) is 0 Å². The van der Waals surface area contributed by atoms with E-state index in [-0.39, 0.29) is 6.04 Å². The van der Waals surface area contributed by atoms with E-state index >= 15 is 0 Å². The van der Waals surface area contributed by atoms with Gasteiger partial charge in [0.15, 0.2) is 0 Å². The van der Waals surface area contributed by atoms with Crippen LogP contribution < -0.4 is 10.6 Å². The Kier molecular flexibility index (Phi) is 4.63. The van der Waals surface area contributed by atoms with Gasteiger partial charge in [0.1, 0.15) is 0 Å². The molecule has 0 aliphatic carbocycles. The summed E-state index contributed by atoms with van der Waals surface area (Å²) in [5, 5.41) is 0. The van der Waals surface area contributed by atoms with Crippen LogP contribution in [0.2, 0.25) is 0 Å². The second kappa shape index (κ2) is 5.76. The highest BCUT2D eigenvalue weighted by molar-refractivity contribution is 5.54. The van der Waals surface area contributed by atoms with Crippen LogP contribution in [-0.2, 0) is 0 Å². The molecular formula is C13H22N2. The van der Waals surface area contributed by atoms with Crippen LogP contribution in [0, 0.1) is 0 Å². The van der Waals surface area contributed by atoms with Crippen molar-refractivity contribution >= 4 is 5.69 Å². The summed E-state index contributed by atoms with van der Waals surface area (Å²) in [7, 11) is 2.13. The van der Waals surface area contributed by atoms with Crippen molar-refractivity contribution in [2.75, 3.05) is 18.5 Å². The fourth-order valence-electron chi connectivity index (χ4n) is 1.82. The molecule has 0 amide bonds. The van der Waals surface area contributed by atoms with E-state index in [2.05, 4.69) is 50.1 Å². The lowest BCUT2D eigenvalue weighted by Crippen LogP contribution is -2.21. The van der Waals surface area contributed by atoms with Gasteiger partial charge >= 0.3 is 0 Å². The maximum Gasteiger partial charge on any atom is 0.0412 e. The van der Waals surface area contributed by atoms with Gasteiger partial charge in [-0.15, -0.1) is 0 Å². The molecule has 0 heterocycles. The second-order valence-corrected chi connectivity index (χ2v) is 4.00. The number of para-hydroxylation sites is 1. The zero-order valence-electron chi connectivity index (χ0n) is 10.0. The first-order chi connectivity index (χ1) is 7.20. The third-order valence-electron chi connectivity index (χ3n) is 2.75. The van der Waals surface area contributed by atoms with Crippen LogP contribution >= 0.6 is 0 Å². The molecule has 1 aromatic carbocycles. The van der Waals surface area contributed by atoms with E-state index in [1.165, 1.54) is 11.3 Å². The standard InChI is InChI=1S/C13H22N2/c1-4-10-15(3)13-9-7-6-8-11(13)12(14)5-2/h6-9,12H,4-5,10,14H2,1-3H3/t12-/m0/s1. The molecule has 0 saturated carbocycles. The third kappa shape index (κ3) is 2.96. The van der Waals surface area contributed by atoms with Gasteiger partial charge in [-0.1, -0.05) is 32.0 Å². The van der Waals surface area contributed by atoms with Crippen LogP contribution in [0.15, 0.2) is 24.3 Å². The van der Waals surface area contributed by atoms with Gasteiger partial charge in [-0.25, -0.2) is 0 Å². The molecule has 84 valence electrons. The maximum absolute atomic E-state index is 6.10. The molecule has 0 fully saturated rings. The molecule has 0 aliphatic heterocycles. The smallest absolute Gasteiger partial charge is 0.0412 e. The average molecular weight is 206 g/mol. The van der Waals surface area contributed by atoms with E-state index in [0.717, 1.165) is 19.4 Å². The van der Waals surface area contributed by atoms with E-state index in [0.29, 0.717) is 0 Å². The molecule has 0 radical (unpaired) electrons. The van der Waals surface area contributed by atoms with Crippen molar-refractivity contribution < 1.29 is 0 Å². The highest BCUT2D eigenvalue weighted by Crippen LogP contribution is 2.25. The number of anilines is 1. The quantitative estimate of drug-likeness (QED) is 0.802. The number of nitrogens with zero attached hydrogens (tertiary/aromatic N) is 1. The summed E-state index contributed by atoms with van der Waals surface area (Å²) in [6, 6.07) is 8.58.